The zero-order chi connectivity index (χ0) is 10.9. The van der Waals surface area contributed by atoms with Crippen molar-refractivity contribution in [2.75, 3.05) is 6.54 Å². The van der Waals surface area contributed by atoms with Crippen LogP contribution in [0.1, 0.15) is 65.7 Å². The molecule has 2 saturated carbocycles. The van der Waals surface area contributed by atoms with Crippen LogP contribution in [0.25, 0.3) is 0 Å². The third-order valence-electron chi connectivity index (χ3n) is 4.60. The molecule has 1 N–H and O–H groups in total. The van der Waals surface area contributed by atoms with Crippen LogP contribution in [-0.2, 0) is 0 Å². The third-order valence-corrected chi connectivity index (χ3v) is 4.60. The molecule has 1 nitrogen and oxygen atoms in total. The molecule has 2 rings (SSSR count). The highest BCUT2D eigenvalue weighted by molar-refractivity contribution is 4.89. The van der Waals surface area contributed by atoms with Crippen LogP contribution in [0.5, 0.6) is 0 Å². The first-order valence-corrected chi connectivity index (χ1v) is 6.73. The summed E-state index contributed by atoms with van der Waals surface area (Å²) in [5, 5.41) is 3.82. The second-order valence-corrected chi connectivity index (χ2v) is 7.00. The normalized spacial score (nSPS) is 33.4. The summed E-state index contributed by atoms with van der Waals surface area (Å²) in [6.45, 7) is 8.54. The van der Waals surface area contributed by atoms with Crippen molar-refractivity contribution in [3.05, 3.63) is 0 Å². The highest BCUT2D eigenvalue weighted by Gasteiger charge is 2.33. The van der Waals surface area contributed by atoms with Gasteiger partial charge in [0.1, 0.15) is 0 Å². The third kappa shape index (κ3) is 2.96. The highest BCUT2D eigenvalue weighted by Crippen LogP contribution is 2.39. The minimum Gasteiger partial charge on any atom is -0.313 e. The zero-order valence-corrected chi connectivity index (χ0v) is 10.7. The summed E-state index contributed by atoms with van der Waals surface area (Å²) in [6, 6.07) is 0.803. The van der Waals surface area contributed by atoms with Gasteiger partial charge in [0.05, 0.1) is 0 Å². The summed E-state index contributed by atoms with van der Waals surface area (Å²) < 4.78 is 0. The van der Waals surface area contributed by atoms with Gasteiger partial charge in [0.15, 0.2) is 0 Å². The maximum Gasteiger partial charge on any atom is 0.00725 e. The largest absolute Gasteiger partial charge is 0.313 e. The fourth-order valence-electron chi connectivity index (χ4n) is 3.41. The van der Waals surface area contributed by atoms with Gasteiger partial charge in [0.2, 0.25) is 0 Å². The van der Waals surface area contributed by atoms with E-state index in [4.69, 9.17) is 0 Å². The summed E-state index contributed by atoms with van der Waals surface area (Å²) in [6.07, 6.45) is 9.96. The lowest BCUT2D eigenvalue weighted by Gasteiger charge is -2.27. The van der Waals surface area contributed by atoms with Crippen molar-refractivity contribution in [1.82, 2.24) is 5.32 Å². The predicted octanol–water partition coefficient (Wildman–Crippen LogP) is 3.74. The summed E-state index contributed by atoms with van der Waals surface area (Å²) in [5.41, 5.74) is 1.21. The Morgan fingerprint density at radius 2 is 1.73 bits per heavy atom. The second kappa shape index (κ2) is 4.08. The molecule has 0 aliphatic heterocycles. The molecule has 0 amide bonds. The van der Waals surface area contributed by atoms with Gasteiger partial charge in [-0.1, -0.05) is 33.6 Å². The van der Waals surface area contributed by atoms with E-state index in [-0.39, 0.29) is 0 Å². The SMILES string of the molecule is CC1(C)CCC(NCC2(C)CCCC2)C1. The summed E-state index contributed by atoms with van der Waals surface area (Å²) in [4.78, 5) is 0. The molecule has 0 aromatic rings. The molecule has 0 bridgehead atoms. The van der Waals surface area contributed by atoms with Crippen molar-refractivity contribution >= 4 is 0 Å². The fourth-order valence-corrected chi connectivity index (χ4v) is 3.41. The van der Waals surface area contributed by atoms with E-state index in [1.54, 1.807) is 0 Å². The van der Waals surface area contributed by atoms with Crippen LogP contribution in [0.2, 0.25) is 0 Å². The molecule has 2 aliphatic carbocycles. The van der Waals surface area contributed by atoms with E-state index in [1.807, 2.05) is 0 Å². The molecular weight excluding hydrogens is 182 g/mol. The minimum atomic E-state index is 0.592. The van der Waals surface area contributed by atoms with Crippen molar-refractivity contribution in [2.45, 2.75) is 71.8 Å². The van der Waals surface area contributed by atoms with Crippen LogP contribution in [0.3, 0.4) is 0 Å². The Hall–Kier alpha value is -0.0400. The number of hydrogen-bond donors (Lipinski definition) is 1. The first-order chi connectivity index (χ1) is 6.99. The molecule has 2 aliphatic rings. The van der Waals surface area contributed by atoms with Gasteiger partial charge in [0, 0.05) is 12.6 Å². The van der Waals surface area contributed by atoms with E-state index in [0.717, 1.165) is 6.04 Å². The van der Waals surface area contributed by atoms with E-state index < -0.39 is 0 Å². The lowest BCUT2D eigenvalue weighted by molar-refractivity contribution is 0.288. The molecule has 1 heteroatoms. The van der Waals surface area contributed by atoms with Crippen molar-refractivity contribution in [1.29, 1.82) is 0 Å². The molecule has 0 spiro atoms. The predicted molar refractivity (Wildman–Crippen MR) is 66.0 cm³/mol. The molecule has 1 atom stereocenters. The van der Waals surface area contributed by atoms with E-state index in [9.17, 15) is 0 Å². The lowest BCUT2D eigenvalue weighted by atomic mass is 9.88. The minimum absolute atomic E-state index is 0.592. The lowest BCUT2D eigenvalue weighted by Crippen LogP contribution is -2.36. The zero-order valence-electron chi connectivity index (χ0n) is 10.7. The second-order valence-electron chi connectivity index (χ2n) is 7.00. The summed E-state index contributed by atoms with van der Waals surface area (Å²) in [5.74, 6) is 0. The van der Waals surface area contributed by atoms with Gasteiger partial charge in [0.25, 0.3) is 0 Å². The maximum absolute atomic E-state index is 3.82. The Bertz CT molecular complexity index is 213. The molecule has 0 radical (unpaired) electrons. The maximum atomic E-state index is 3.82. The Balaban J connectivity index is 1.74. The number of nitrogens with one attached hydrogen (secondary N) is 1. The van der Waals surface area contributed by atoms with Gasteiger partial charge in [-0.25, -0.2) is 0 Å². The molecule has 88 valence electrons. The van der Waals surface area contributed by atoms with Crippen molar-refractivity contribution in [3.63, 3.8) is 0 Å². The van der Waals surface area contributed by atoms with Crippen molar-refractivity contribution in [2.24, 2.45) is 10.8 Å². The van der Waals surface area contributed by atoms with E-state index >= 15 is 0 Å². The van der Waals surface area contributed by atoms with Crippen LogP contribution in [0.15, 0.2) is 0 Å². The van der Waals surface area contributed by atoms with Crippen LogP contribution >= 0.6 is 0 Å². The van der Waals surface area contributed by atoms with E-state index in [2.05, 4.69) is 26.1 Å². The van der Waals surface area contributed by atoms with E-state index in [0.29, 0.717) is 10.8 Å². The van der Waals surface area contributed by atoms with Crippen LogP contribution in [-0.4, -0.2) is 12.6 Å². The monoisotopic (exact) mass is 209 g/mol. The average Bonchev–Trinajstić information content (AvgIpc) is 2.70. The molecule has 2 fully saturated rings. The molecule has 1 unspecified atom stereocenters. The molecule has 0 saturated heterocycles. The Labute approximate surface area is 95.0 Å². The Morgan fingerprint density at radius 3 is 2.27 bits per heavy atom. The average molecular weight is 209 g/mol. The van der Waals surface area contributed by atoms with Gasteiger partial charge in [-0.3, -0.25) is 0 Å². The smallest absolute Gasteiger partial charge is 0.00725 e. The number of hydrogen-bond acceptors (Lipinski definition) is 1. The Morgan fingerprint density at radius 1 is 1.07 bits per heavy atom. The summed E-state index contributed by atoms with van der Waals surface area (Å²) >= 11 is 0. The summed E-state index contributed by atoms with van der Waals surface area (Å²) in [7, 11) is 0. The first kappa shape index (κ1) is 11.4. The van der Waals surface area contributed by atoms with Gasteiger partial charge >= 0.3 is 0 Å². The van der Waals surface area contributed by atoms with Gasteiger partial charge in [-0.05, 0) is 42.9 Å². The Kier molecular flexibility index (Phi) is 3.12. The topological polar surface area (TPSA) is 12.0 Å². The molecular formula is C14H27N. The molecule has 15 heavy (non-hydrogen) atoms. The standard InChI is InChI=1S/C14H27N/c1-13(2)9-6-12(10-13)15-11-14(3)7-4-5-8-14/h12,15H,4-11H2,1-3H3. The van der Waals surface area contributed by atoms with Gasteiger partial charge in [-0.2, -0.15) is 0 Å². The molecule has 0 aromatic carbocycles. The van der Waals surface area contributed by atoms with Crippen molar-refractivity contribution in [3.8, 4) is 0 Å². The van der Waals surface area contributed by atoms with Crippen molar-refractivity contribution < 1.29 is 0 Å². The highest BCUT2D eigenvalue weighted by atomic mass is 14.9. The van der Waals surface area contributed by atoms with Crippen LogP contribution in [0.4, 0.5) is 0 Å². The molecule has 0 heterocycles. The van der Waals surface area contributed by atoms with E-state index in [1.165, 1.54) is 51.5 Å². The van der Waals surface area contributed by atoms with Crippen LogP contribution < -0.4 is 5.32 Å². The quantitative estimate of drug-likeness (QED) is 0.746. The van der Waals surface area contributed by atoms with Crippen LogP contribution in [0, 0.1) is 10.8 Å². The fraction of sp³-hybridized carbons (Fsp3) is 1.00. The first-order valence-electron chi connectivity index (χ1n) is 6.73. The van der Waals surface area contributed by atoms with Gasteiger partial charge < -0.3 is 5.32 Å². The van der Waals surface area contributed by atoms with Gasteiger partial charge in [-0.15, -0.1) is 0 Å². The molecule has 0 aromatic heterocycles. The number of rotatable bonds is 3.